The normalized spacial score (nSPS) is 16.7. The molecule has 11 heteroatoms. The van der Waals surface area contributed by atoms with Crippen LogP contribution in [0.5, 0.6) is 0 Å². The molecule has 4 aromatic rings. The van der Waals surface area contributed by atoms with Crippen LogP contribution in [-0.4, -0.2) is 70.8 Å². The van der Waals surface area contributed by atoms with Crippen LogP contribution in [0, 0.1) is 11.6 Å². The molecule has 3 aromatic heterocycles. The van der Waals surface area contributed by atoms with Crippen LogP contribution < -0.4 is 4.90 Å². The lowest BCUT2D eigenvalue weighted by Crippen LogP contribution is -2.47. The van der Waals surface area contributed by atoms with Gasteiger partial charge in [0.05, 0.1) is 22.5 Å². The van der Waals surface area contributed by atoms with Gasteiger partial charge in [-0.1, -0.05) is 13.0 Å². The summed E-state index contributed by atoms with van der Waals surface area (Å²) in [6.45, 7) is 5.43. The van der Waals surface area contributed by atoms with Crippen LogP contribution in [-0.2, 0) is 15.6 Å². The maximum atomic E-state index is 15.8. The number of piperazine rings is 1. The molecule has 0 radical (unpaired) electrons. The Morgan fingerprint density at radius 2 is 1.74 bits per heavy atom. The lowest BCUT2D eigenvalue weighted by Gasteiger charge is -2.35. The summed E-state index contributed by atoms with van der Waals surface area (Å²) in [6, 6.07) is 6.74. The molecule has 0 amide bonds. The zero-order valence-electron chi connectivity index (χ0n) is 21.7. The number of nitrogens with zero attached hydrogens (tertiary/aromatic N) is 6. The van der Waals surface area contributed by atoms with E-state index in [-0.39, 0.29) is 17.0 Å². The third kappa shape index (κ3) is 5.12. The van der Waals surface area contributed by atoms with E-state index in [2.05, 4.69) is 19.8 Å². The number of hydrogen-bond donors (Lipinski definition) is 0. The van der Waals surface area contributed by atoms with Gasteiger partial charge in [-0.2, -0.15) is 0 Å². The van der Waals surface area contributed by atoms with Gasteiger partial charge < -0.3 is 9.47 Å². The van der Waals surface area contributed by atoms with Gasteiger partial charge in [0.15, 0.2) is 15.7 Å². The van der Waals surface area contributed by atoms with E-state index in [1.807, 2.05) is 12.1 Å². The third-order valence-electron chi connectivity index (χ3n) is 7.48. The van der Waals surface area contributed by atoms with Gasteiger partial charge in [-0.15, -0.1) is 0 Å². The fraction of sp³-hybridized carbons (Fsp3) is 0.393. The van der Waals surface area contributed by atoms with Crippen LogP contribution in [0.15, 0.2) is 49.2 Å². The van der Waals surface area contributed by atoms with Crippen LogP contribution >= 0.6 is 0 Å². The van der Waals surface area contributed by atoms with E-state index in [1.165, 1.54) is 29.8 Å². The lowest BCUT2D eigenvalue weighted by molar-refractivity contribution is 0.247. The molecule has 0 N–H and O–H groups in total. The lowest BCUT2D eigenvalue weighted by atomic mass is 10.1. The maximum absolute atomic E-state index is 15.8. The molecule has 1 aliphatic heterocycles. The first-order valence-electron chi connectivity index (χ1n) is 13.3. The van der Waals surface area contributed by atoms with Gasteiger partial charge in [-0.3, -0.25) is 4.90 Å². The predicted octanol–water partition coefficient (Wildman–Crippen LogP) is 4.37. The quantitative estimate of drug-likeness (QED) is 0.321. The second-order valence-corrected chi connectivity index (χ2v) is 12.5. The molecule has 0 unspecified atom stereocenters. The first-order chi connectivity index (χ1) is 18.8. The van der Waals surface area contributed by atoms with E-state index in [4.69, 9.17) is 4.98 Å². The van der Waals surface area contributed by atoms with Crippen molar-refractivity contribution in [2.24, 2.45) is 0 Å². The number of benzene rings is 1. The molecule has 1 aromatic carbocycles. The second-order valence-electron chi connectivity index (χ2n) is 10.3. The highest BCUT2D eigenvalue weighted by molar-refractivity contribution is 7.90. The molecule has 204 valence electrons. The van der Waals surface area contributed by atoms with Crippen molar-refractivity contribution in [1.82, 2.24) is 24.4 Å². The maximum Gasteiger partial charge on any atom is 0.154 e. The molecule has 1 aliphatic carbocycles. The number of sulfone groups is 1. The number of anilines is 1. The van der Waals surface area contributed by atoms with Gasteiger partial charge in [0.1, 0.15) is 23.6 Å². The van der Waals surface area contributed by atoms with Gasteiger partial charge >= 0.3 is 0 Å². The molecule has 4 heterocycles. The Bertz CT molecular complexity index is 1610. The summed E-state index contributed by atoms with van der Waals surface area (Å²) in [5, 5.41) is 0. The molecule has 0 bridgehead atoms. The van der Waals surface area contributed by atoms with Crippen molar-refractivity contribution >= 4 is 26.7 Å². The van der Waals surface area contributed by atoms with Crippen molar-refractivity contribution in [2.45, 2.75) is 38.0 Å². The van der Waals surface area contributed by atoms with Crippen molar-refractivity contribution in [3.63, 3.8) is 0 Å². The van der Waals surface area contributed by atoms with Gasteiger partial charge in [-0.05, 0) is 37.5 Å². The Morgan fingerprint density at radius 3 is 2.44 bits per heavy atom. The second kappa shape index (κ2) is 10.3. The van der Waals surface area contributed by atoms with E-state index in [0.29, 0.717) is 28.6 Å². The van der Waals surface area contributed by atoms with Gasteiger partial charge in [-0.25, -0.2) is 32.2 Å². The Balaban J connectivity index is 1.45. The van der Waals surface area contributed by atoms with Crippen molar-refractivity contribution in [1.29, 1.82) is 0 Å². The van der Waals surface area contributed by atoms with E-state index < -0.39 is 27.2 Å². The first-order valence-corrected chi connectivity index (χ1v) is 15.1. The molecule has 8 nitrogen and oxygen atoms in total. The minimum atomic E-state index is -3.53. The van der Waals surface area contributed by atoms with Gasteiger partial charge in [0, 0.05) is 67.5 Å². The Labute approximate surface area is 226 Å². The fourth-order valence-electron chi connectivity index (χ4n) is 5.40. The van der Waals surface area contributed by atoms with Crippen LogP contribution in [0.25, 0.3) is 27.8 Å². The highest BCUT2D eigenvalue weighted by Crippen LogP contribution is 2.35. The molecule has 1 saturated carbocycles. The number of pyridine rings is 1. The number of hydrogen-bond acceptors (Lipinski definition) is 7. The van der Waals surface area contributed by atoms with Crippen LogP contribution in [0.4, 0.5) is 14.6 Å². The van der Waals surface area contributed by atoms with Crippen molar-refractivity contribution in [3.05, 3.63) is 66.4 Å². The fourth-order valence-corrected chi connectivity index (χ4v) is 6.86. The smallest absolute Gasteiger partial charge is 0.154 e. The zero-order chi connectivity index (χ0) is 27.1. The van der Waals surface area contributed by atoms with Crippen LogP contribution in [0.1, 0.15) is 31.7 Å². The van der Waals surface area contributed by atoms with Gasteiger partial charge in [0.2, 0.25) is 0 Å². The highest BCUT2D eigenvalue weighted by Gasteiger charge is 2.31. The summed E-state index contributed by atoms with van der Waals surface area (Å²) in [4.78, 5) is 18.0. The zero-order valence-corrected chi connectivity index (χ0v) is 22.5. The van der Waals surface area contributed by atoms with E-state index in [9.17, 15) is 8.42 Å². The number of fused-ring (bicyclic) bond motifs is 1. The summed E-state index contributed by atoms with van der Waals surface area (Å²) in [7, 11) is -3.53. The summed E-state index contributed by atoms with van der Waals surface area (Å²) >= 11 is 0. The summed E-state index contributed by atoms with van der Waals surface area (Å²) in [6.07, 6.45) is 9.28. The molecule has 0 spiro atoms. The Hall–Kier alpha value is -3.44. The largest absolute Gasteiger partial charge is 0.354 e. The topological polar surface area (TPSA) is 84.2 Å². The summed E-state index contributed by atoms with van der Waals surface area (Å²) in [5.41, 5.74) is 1.96. The molecule has 0 atom stereocenters. The van der Waals surface area contributed by atoms with Crippen LogP contribution in [0.2, 0.25) is 0 Å². The standard InChI is InChI=1S/C28H30F2N6O2S/c1-2-13-39(37,38)17-19-3-6-23(29)28(26(19)30)36-16-22(20-14-31-18-32-15-20)27-24(36)7-8-25(33-27)35-11-9-34(10-12-35)21-4-5-21/h3,6-8,14-16,18,21H,2,4-5,9-13,17H2,1H3. The Morgan fingerprint density at radius 1 is 1.00 bits per heavy atom. The van der Waals surface area contributed by atoms with Crippen molar-refractivity contribution in [3.8, 4) is 16.8 Å². The average Bonchev–Trinajstić information content (AvgIpc) is 3.72. The van der Waals surface area contributed by atoms with Gasteiger partial charge in [0.25, 0.3) is 0 Å². The molecular weight excluding hydrogens is 522 g/mol. The molecule has 6 rings (SSSR count). The summed E-state index contributed by atoms with van der Waals surface area (Å²) < 4.78 is 57.4. The predicted molar refractivity (Wildman–Crippen MR) is 147 cm³/mol. The van der Waals surface area contributed by atoms with Crippen LogP contribution in [0.3, 0.4) is 0 Å². The molecule has 2 aliphatic rings. The average molecular weight is 553 g/mol. The summed E-state index contributed by atoms with van der Waals surface area (Å²) in [5.74, 6) is -1.45. The van der Waals surface area contributed by atoms with Crippen molar-refractivity contribution in [2.75, 3.05) is 36.8 Å². The highest BCUT2D eigenvalue weighted by atomic mass is 32.2. The van der Waals surface area contributed by atoms with E-state index in [1.54, 1.807) is 25.5 Å². The Kier molecular flexibility index (Phi) is 6.80. The molecule has 1 saturated heterocycles. The monoisotopic (exact) mass is 552 g/mol. The molecule has 2 fully saturated rings. The molecule has 39 heavy (non-hydrogen) atoms. The minimum Gasteiger partial charge on any atom is -0.354 e. The molecular formula is C28H30F2N6O2S. The number of halogens is 2. The first kappa shape index (κ1) is 25.8. The van der Waals surface area contributed by atoms with E-state index in [0.717, 1.165) is 44.1 Å². The third-order valence-corrected chi connectivity index (χ3v) is 9.26. The van der Waals surface area contributed by atoms with E-state index >= 15 is 8.78 Å². The number of rotatable bonds is 8. The SMILES string of the molecule is CCCS(=O)(=O)Cc1ccc(F)c(-n2cc(-c3cncnc3)c3nc(N4CCN(C5CC5)CC4)ccc32)c1F. The van der Waals surface area contributed by atoms with Crippen molar-refractivity contribution < 1.29 is 17.2 Å². The number of aromatic nitrogens is 4. The minimum absolute atomic E-state index is 0.0641.